The molecule has 0 fully saturated rings. The van der Waals surface area contributed by atoms with Gasteiger partial charge in [0.2, 0.25) is 0 Å². The van der Waals surface area contributed by atoms with E-state index < -0.39 is 0 Å². The molecule has 2 aromatic rings. The fraction of sp³-hybridized carbons (Fsp3) is 0.357. The van der Waals surface area contributed by atoms with Crippen LogP contribution in [0.15, 0.2) is 36.7 Å². The zero-order valence-electron chi connectivity index (χ0n) is 10.8. The van der Waals surface area contributed by atoms with E-state index in [1.807, 2.05) is 49.0 Å². The van der Waals surface area contributed by atoms with Gasteiger partial charge in [-0.05, 0) is 24.6 Å². The zero-order chi connectivity index (χ0) is 13.0. The molecule has 0 aliphatic rings. The second-order valence-electron chi connectivity index (χ2n) is 4.41. The number of nitrogens with two attached hydrogens (primary N) is 1. The highest BCUT2D eigenvalue weighted by Crippen LogP contribution is 2.17. The Labute approximate surface area is 107 Å². The molecule has 18 heavy (non-hydrogen) atoms. The van der Waals surface area contributed by atoms with E-state index >= 15 is 0 Å². The van der Waals surface area contributed by atoms with E-state index in [-0.39, 0.29) is 6.04 Å². The Morgan fingerprint density at radius 3 is 2.94 bits per heavy atom. The van der Waals surface area contributed by atoms with Gasteiger partial charge in [-0.3, -0.25) is 0 Å². The second kappa shape index (κ2) is 5.69. The average molecular weight is 245 g/mol. The van der Waals surface area contributed by atoms with Crippen LogP contribution in [0, 0.1) is 0 Å². The van der Waals surface area contributed by atoms with E-state index in [0.29, 0.717) is 6.61 Å². The van der Waals surface area contributed by atoms with E-state index in [1.165, 1.54) is 0 Å². The van der Waals surface area contributed by atoms with Gasteiger partial charge in [-0.1, -0.05) is 12.1 Å². The SMILES string of the molecule is CC(N)c1cccc(OCCc2nccn2C)c1. The van der Waals surface area contributed by atoms with Gasteiger partial charge in [0.05, 0.1) is 6.61 Å². The summed E-state index contributed by atoms with van der Waals surface area (Å²) in [7, 11) is 1.99. The molecule has 0 radical (unpaired) electrons. The summed E-state index contributed by atoms with van der Waals surface area (Å²) in [5.41, 5.74) is 6.93. The number of imidazole rings is 1. The molecule has 2 rings (SSSR count). The van der Waals surface area contributed by atoms with Crippen molar-refractivity contribution in [2.24, 2.45) is 12.8 Å². The number of aromatic nitrogens is 2. The maximum Gasteiger partial charge on any atom is 0.119 e. The predicted molar refractivity (Wildman–Crippen MR) is 71.5 cm³/mol. The molecule has 0 aliphatic carbocycles. The van der Waals surface area contributed by atoms with Gasteiger partial charge in [0, 0.05) is 31.9 Å². The highest BCUT2D eigenvalue weighted by Gasteiger charge is 2.02. The largest absolute Gasteiger partial charge is 0.493 e. The van der Waals surface area contributed by atoms with Crippen molar-refractivity contribution in [3.8, 4) is 5.75 Å². The van der Waals surface area contributed by atoms with Crippen molar-refractivity contribution in [1.82, 2.24) is 9.55 Å². The van der Waals surface area contributed by atoms with Crippen LogP contribution < -0.4 is 10.5 Å². The van der Waals surface area contributed by atoms with Crippen LogP contribution in [0.5, 0.6) is 5.75 Å². The fourth-order valence-electron chi connectivity index (χ4n) is 1.79. The van der Waals surface area contributed by atoms with Crippen LogP contribution in [-0.4, -0.2) is 16.2 Å². The Bertz CT molecular complexity index is 505. The first-order valence-electron chi connectivity index (χ1n) is 6.11. The molecule has 2 N–H and O–H groups in total. The van der Waals surface area contributed by atoms with Crippen LogP contribution in [0.1, 0.15) is 24.4 Å². The molecule has 0 spiro atoms. The van der Waals surface area contributed by atoms with Gasteiger partial charge in [-0.15, -0.1) is 0 Å². The summed E-state index contributed by atoms with van der Waals surface area (Å²) >= 11 is 0. The van der Waals surface area contributed by atoms with E-state index in [0.717, 1.165) is 23.6 Å². The summed E-state index contributed by atoms with van der Waals surface area (Å²) in [6, 6.07) is 7.95. The third-order valence-corrected chi connectivity index (χ3v) is 2.90. The maximum atomic E-state index is 5.84. The second-order valence-corrected chi connectivity index (χ2v) is 4.41. The van der Waals surface area contributed by atoms with Crippen molar-refractivity contribution in [3.05, 3.63) is 48.0 Å². The Morgan fingerprint density at radius 1 is 1.44 bits per heavy atom. The van der Waals surface area contributed by atoms with Crippen molar-refractivity contribution in [3.63, 3.8) is 0 Å². The minimum atomic E-state index is 0.0306. The zero-order valence-corrected chi connectivity index (χ0v) is 10.8. The molecule has 0 saturated heterocycles. The Balaban J connectivity index is 1.90. The van der Waals surface area contributed by atoms with Gasteiger partial charge in [-0.25, -0.2) is 4.98 Å². The Hall–Kier alpha value is -1.81. The first kappa shape index (κ1) is 12.6. The summed E-state index contributed by atoms with van der Waals surface area (Å²) < 4.78 is 7.72. The summed E-state index contributed by atoms with van der Waals surface area (Å²) in [6.45, 7) is 2.58. The van der Waals surface area contributed by atoms with E-state index in [1.54, 1.807) is 6.20 Å². The molecule has 96 valence electrons. The third-order valence-electron chi connectivity index (χ3n) is 2.90. The van der Waals surface area contributed by atoms with Gasteiger partial charge in [0.15, 0.2) is 0 Å². The van der Waals surface area contributed by atoms with Crippen molar-refractivity contribution < 1.29 is 4.74 Å². The van der Waals surface area contributed by atoms with Crippen LogP contribution >= 0.6 is 0 Å². The average Bonchev–Trinajstić information content (AvgIpc) is 2.76. The molecule has 1 atom stereocenters. The van der Waals surface area contributed by atoms with E-state index in [4.69, 9.17) is 10.5 Å². The first-order valence-corrected chi connectivity index (χ1v) is 6.11. The molecule has 1 unspecified atom stereocenters. The van der Waals surface area contributed by atoms with Gasteiger partial charge in [-0.2, -0.15) is 0 Å². The first-order chi connectivity index (χ1) is 8.66. The Kier molecular flexibility index (Phi) is 3.99. The number of aryl methyl sites for hydroxylation is 1. The van der Waals surface area contributed by atoms with Crippen molar-refractivity contribution in [1.29, 1.82) is 0 Å². The molecule has 1 aromatic carbocycles. The van der Waals surface area contributed by atoms with Gasteiger partial charge < -0.3 is 15.0 Å². The quantitative estimate of drug-likeness (QED) is 0.877. The van der Waals surface area contributed by atoms with E-state index in [2.05, 4.69) is 4.98 Å². The normalized spacial score (nSPS) is 12.4. The standard InChI is InChI=1S/C14H19N3O/c1-11(15)12-4-3-5-13(10-12)18-9-6-14-16-7-8-17(14)2/h3-5,7-8,10-11H,6,9,15H2,1-2H3. The number of rotatable bonds is 5. The topological polar surface area (TPSA) is 53.1 Å². The molecule has 4 nitrogen and oxygen atoms in total. The van der Waals surface area contributed by atoms with Crippen molar-refractivity contribution in [2.45, 2.75) is 19.4 Å². The van der Waals surface area contributed by atoms with Gasteiger partial charge >= 0.3 is 0 Å². The molecule has 1 heterocycles. The number of hydrogen-bond acceptors (Lipinski definition) is 3. The molecule has 0 saturated carbocycles. The molecular formula is C14H19N3O. The molecule has 0 bridgehead atoms. The molecule has 1 aromatic heterocycles. The Morgan fingerprint density at radius 2 is 2.28 bits per heavy atom. The maximum absolute atomic E-state index is 5.84. The van der Waals surface area contributed by atoms with Gasteiger partial charge in [0.25, 0.3) is 0 Å². The van der Waals surface area contributed by atoms with Crippen LogP contribution in [-0.2, 0) is 13.5 Å². The lowest BCUT2D eigenvalue weighted by Gasteiger charge is -2.10. The van der Waals surface area contributed by atoms with Crippen LogP contribution in [0.25, 0.3) is 0 Å². The summed E-state index contributed by atoms with van der Waals surface area (Å²) in [4.78, 5) is 4.26. The lowest BCUT2D eigenvalue weighted by molar-refractivity contribution is 0.317. The number of hydrogen-bond donors (Lipinski definition) is 1. The molecule has 0 amide bonds. The van der Waals surface area contributed by atoms with Gasteiger partial charge in [0.1, 0.15) is 11.6 Å². The number of benzene rings is 1. The summed E-state index contributed by atoms with van der Waals surface area (Å²) in [5, 5.41) is 0. The highest BCUT2D eigenvalue weighted by atomic mass is 16.5. The number of nitrogens with zero attached hydrogens (tertiary/aromatic N) is 2. The fourth-order valence-corrected chi connectivity index (χ4v) is 1.79. The molecular weight excluding hydrogens is 226 g/mol. The lowest BCUT2D eigenvalue weighted by atomic mass is 10.1. The van der Waals surface area contributed by atoms with Crippen LogP contribution in [0.2, 0.25) is 0 Å². The minimum absolute atomic E-state index is 0.0306. The number of ether oxygens (including phenoxy) is 1. The van der Waals surface area contributed by atoms with Crippen LogP contribution in [0.3, 0.4) is 0 Å². The smallest absolute Gasteiger partial charge is 0.119 e. The van der Waals surface area contributed by atoms with E-state index in [9.17, 15) is 0 Å². The highest BCUT2D eigenvalue weighted by molar-refractivity contribution is 5.30. The molecule has 4 heteroatoms. The molecule has 0 aliphatic heterocycles. The predicted octanol–water partition coefficient (Wildman–Crippen LogP) is 2.06. The minimum Gasteiger partial charge on any atom is -0.493 e. The summed E-state index contributed by atoms with van der Waals surface area (Å²) in [6.07, 6.45) is 4.53. The van der Waals surface area contributed by atoms with Crippen molar-refractivity contribution >= 4 is 0 Å². The monoisotopic (exact) mass is 245 g/mol. The third kappa shape index (κ3) is 3.11. The van der Waals surface area contributed by atoms with Crippen LogP contribution in [0.4, 0.5) is 0 Å². The van der Waals surface area contributed by atoms with Crippen molar-refractivity contribution in [2.75, 3.05) is 6.61 Å². The summed E-state index contributed by atoms with van der Waals surface area (Å²) in [5.74, 6) is 1.89. The lowest BCUT2D eigenvalue weighted by Crippen LogP contribution is -2.08.